The van der Waals surface area contributed by atoms with Crippen LogP contribution in [0.2, 0.25) is 0 Å². The van der Waals surface area contributed by atoms with Gasteiger partial charge in [-0.1, -0.05) is 6.07 Å². The number of rotatable bonds is 6. The van der Waals surface area contributed by atoms with E-state index in [0.29, 0.717) is 12.4 Å². The average Bonchev–Trinajstić information content (AvgIpc) is 3.40. The summed E-state index contributed by atoms with van der Waals surface area (Å²) in [6.07, 6.45) is 2.39. The monoisotopic (exact) mass is 426 g/mol. The van der Waals surface area contributed by atoms with Crippen LogP contribution in [-0.2, 0) is 13.0 Å². The van der Waals surface area contributed by atoms with E-state index in [-0.39, 0.29) is 5.91 Å². The minimum atomic E-state index is -0.0988. The molecule has 6 nitrogen and oxygen atoms in total. The van der Waals surface area contributed by atoms with Crippen molar-refractivity contribution in [3.63, 3.8) is 0 Å². The number of furan rings is 1. The first-order valence-corrected chi connectivity index (χ1v) is 10.7. The number of carbonyl (C=O) groups is 1. The highest BCUT2D eigenvalue weighted by atomic mass is 32.1. The fourth-order valence-electron chi connectivity index (χ4n) is 3.76. The molecule has 0 spiro atoms. The topological polar surface area (TPSA) is 55.2 Å². The summed E-state index contributed by atoms with van der Waals surface area (Å²) in [4.78, 5) is 18.5. The number of benzene rings is 1. The second-order valence-corrected chi connectivity index (χ2v) is 8.61. The van der Waals surface area contributed by atoms with Gasteiger partial charge in [-0.25, -0.2) is 0 Å². The summed E-state index contributed by atoms with van der Waals surface area (Å²) in [6.45, 7) is 6.45. The van der Waals surface area contributed by atoms with Gasteiger partial charge in [0, 0.05) is 23.5 Å². The lowest BCUT2D eigenvalue weighted by Crippen LogP contribution is -2.45. The van der Waals surface area contributed by atoms with Crippen molar-refractivity contribution in [1.29, 1.82) is 0 Å². The van der Waals surface area contributed by atoms with Gasteiger partial charge in [-0.05, 0) is 55.7 Å². The van der Waals surface area contributed by atoms with Crippen molar-refractivity contribution in [2.45, 2.75) is 26.8 Å². The van der Waals surface area contributed by atoms with E-state index in [1.54, 1.807) is 37.7 Å². The predicted octanol–water partition coefficient (Wildman–Crippen LogP) is 4.64. The summed E-state index contributed by atoms with van der Waals surface area (Å²) in [6, 6.07) is 9.47. The molecule has 1 aliphatic rings. The minimum absolute atomic E-state index is 0.0988. The molecule has 3 aromatic rings. The fraction of sp³-hybridized carbons (Fsp3) is 0.348. The quantitative estimate of drug-likeness (QED) is 0.575. The van der Waals surface area contributed by atoms with E-state index in [0.717, 1.165) is 36.0 Å². The highest BCUT2D eigenvalue weighted by Crippen LogP contribution is 2.40. The summed E-state index contributed by atoms with van der Waals surface area (Å²) >= 11 is 1.68. The zero-order valence-corrected chi connectivity index (χ0v) is 18.5. The zero-order valence-electron chi connectivity index (χ0n) is 17.7. The number of fused-ring (bicyclic) bond motifs is 1. The first kappa shape index (κ1) is 20.5. The number of ether oxygens (including phenoxy) is 2. The van der Waals surface area contributed by atoms with Crippen LogP contribution in [0.1, 0.15) is 32.1 Å². The Morgan fingerprint density at radius 2 is 1.97 bits per heavy atom. The van der Waals surface area contributed by atoms with Crippen molar-refractivity contribution in [3.05, 3.63) is 63.9 Å². The van der Waals surface area contributed by atoms with Gasteiger partial charge in [0.05, 0.1) is 27.2 Å². The van der Waals surface area contributed by atoms with Gasteiger partial charge in [0.1, 0.15) is 5.00 Å². The lowest BCUT2D eigenvalue weighted by molar-refractivity contribution is 0.0933. The molecule has 0 unspecified atom stereocenters. The van der Waals surface area contributed by atoms with Crippen molar-refractivity contribution < 1.29 is 18.7 Å². The predicted molar refractivity (Wildman–Crippen MR) is 118 cm³/mol. The molecule has 3 heterocycles. The number of aryl methyl sites for hydroxylation is 1. The molecule has 1 aliphatic heterocycles. The van der Waals surface area contributed by atoms with Gasteiger partial charge >= 0.3 is 0 Å². The van der Waals surface area contributed by atoms with E-state index in [4.69, 9.17) is 13.9 Å². The Balaban J connectivity index is 1.55. The normalized spacial score (nSPS) is 13.9. The van der Waals surface area contributed by atoms with E-state index < -0.39 is 0 Å². The van der Waals surface area contributed by atoms with Gasteiger partial charge in [-0.2, -0.15) is 0 Å². The van der Waals surface area contributed by atoms with Crippen molar-refractivity contribution in [2.24, 2.45) is 0 Å². The smallest absolute Gasteiger partial charge is 0.295 e. The summed E-state index contributed by atoms with van der Waals surface area (Å²) < 4.78 is 16.1. The molecule has 158 valence electrons. The molecule has 0 N–H and O–H groups in total. The van der Waals surface area contributed by atoms with Crippen LogP contribution < -0.4 is 14.4 Å². The van der Waals surface area contributed by atoms with Crippen molar-refractivity contribution in [3.8, 4) is 11.5 Å². The lowest BCUT2D eigenvalue weighted by Gasteiger charge is -2.35. The maximum atomic E-state index is 13.1. The molecule has 0 aliphatic carbocycles. The van der Waals surface area contributed by atoms with E-state index >= 15 is 0 Å². The van der Waals surface area contributed by atoms with E-state index in [1.807, 2.05) is 17.0 Å². The van der Waals surface area contributed by atoms with Crippen molar-refractivity contribution in [1.82, 2.24) is 4.90 Å². The van der Waals surface area contributed by atoms with Crippen LogP contribution in [0, 0.1) is 13.8 Å². The Bertz CT molecular complexity index is 1040. The summed E-state index contributed by atoms with van der Waals surface area (Å²) in [5, 5.41) is 1.04. The second kappa shape index (κ2) is 8.53. The third-order valence-corrected chi connectivity index (χ3v) is 6.87. The number of amides is 1. The largest absolute Gasteiger partial charge is 0.493 e. The molecule has 0 saturated carbocycles. The number of nitrogens with zero attached hydrogens (tertiary/aromatic N) is 2. The van der Waals surface area contributed by atoms with Crippen LogP contribution in [0.4, 0.5) is 5.00 Å². The van der Waals surface area contributed by atoms with Crippen LogP contribution in [0.15, 0.2) is 41.0 Å². The first-order valence-electron chi connectivity index (χ1n) is 9.89. The zero-order chi connectivity index (χ0) is 21.3. The third kappa shape index (κ3) is 3.82. The van der Waals surface area contributed by atoms with Crippen LogP contribution in [-0.4, -0.2) is 38.2 Å². The van der Waals surface area contributed by atoms with Gasteiger partial charge in [0.2, 0.25) is 0 Å². The van der Waals surface area contributed by atoms with Crippen LogP contribution in [0.25, 0.3) is 0 Å². The van der Waals surface area contributed by atoms with Crippen molar-refractivity contribution >= 4 is 22.2 Å². The lowest BCUT2D eigenvalue weighted by atomic mass is 10.1. The van der Waals surface area contributed by atoms with Gasteiger partial charge < -0.3 is 13.9 Å². The summed E-state index contributed by atoms with van der Waals surface area (Å²) in [7, 11) is 3.28. The van der Waals surface area contributed by atoms with E-state index in [1.165, 1.54) is 27.8 Å². The van der Waals surface area contributed by atoms with Gasteiger partial charge in [0.15, 0.2) is 17.3 Å². The Labute approximate surface area is 180 Å². The second-order valence-electron chi connectivity index (χ2n) is 7.41. The molecular weight excluding hydrogens is 400 g/mol. The number of hydrogen-bond donors (Lipinski definition) is 0. The van der Waals surface area contributed by atoms with E-state index in [2.05, 4.69) is 24.8 Å². The molecule has 0 atom stereocenters. The van der Waals surface area contributed by atoms with Crippen LogP contribution >= 0.6 is 11.3 Å². The maximum Gasteiger partial charge on any atom is 0.295 e. The average molecular weight is 427 g/mol. The molecule has 0 saturated heterocycles. The van der Waals surface area contributed by atoms with Gasteiger partial charge in [-0.3, -0.25) is 14.6 Å². The SMILES string of the molecule is COc1ccc(CCN2Cc3c(sc(C)c3C)N(C(=O)c3ccco3)C2)cc1OC. The number of carbonyl (C=O) groups excluding carboxylic acids is 1. The van der Waals surface area contributed by atoms with Crippen LogP contribution in [0.5, 0.6) is 11.5 Å². The highest BCUT2D eigenvalue weighted by Gasteiger charge is 2.32. The molecule has 2 aromatic heterocycles. The third-order valence-electron chi connectivity index (χ3n) is 5.60. The summed E-state index contributed by atoms with van der Waals surface area (Å²) in [5.41, 5.74) is 3.67. The molecule has 1 aromatic carbocycles. The van der Waals surface area contributed by atoms with Gasteiger partial charge in [0.25, 0.3) is 5.91 Å². The standard InChI is InChI=1S/C23H26N2O4S/c1-15-16(2)30-23-18(15)13-24(14-25(23)22(26)20-6-5-11-29-20)10-9-17-7-8-19(27-3)21(12-17)28-4/h5-8,11-12H,9-10,13-14H2,1-4H3. The maximum absolute atomic E-state index is 13.1. The Morgan fingerprint density at radius 1 is 1.17 bits per heavy atom. The molecular formula is C23H26N2O4S. The molecule has 7 heteroatoms. The Kier molecular flexibility index (Phi) is 5.83. The first-order chi connectivity index (χ1) is 14.5. The minimum Gasteiger partial charge on any atom is -0.493 e. The number of hydrogen-bond acceptors (Lipinski definition) is 6. The molecule has 0 radical (unpaired) electrons. The fourth-order valence-corrected chi connectivity index (χ4v) is 4.92. The molecule has 0 fully saturated rings. The number of anilines is 1. The molecule has 0 bridgehead atoms. The molecule has 30 heavy (non-hydrogen) atoms. The Hall–Kier alpha value is -2.77. The van der Waals surface area contributed by atoms with Gasteiger partial charge in [-0.15, -0.1) is 11.3 Å². The Morgan fingerprint density at radius 3 is 2.67 bits per heavy atom. The van der Waals surface area contributed by atoms with E-state index in [9.17, 15) is 4.79 Å². The van der Waals surface area contributed by atoms with Crippen molar-refractivity contribution in [2.75, 3.05) is 32.3 Å². The van der Waals surface area contributed by atoms with Crippen LogP contribution in [0.3, 0.4) is 0 Å². The number of thiophene rings is 1. The number of methoxy groups -OCH3 is 2. The summed E-state index contributed by atoms with van der Waals surface area (Å²) in [5.74, 6) is 1.73. The highest BCUT2D eigenvalue weighted by molar-refractivity contribution is 7.16. The molecule has 1 amide bonds. The molecule has 4 rings (SSSR count).